The number of carbonyl (C=O) groups excluding carboxylic acids is 1. The average Bonchev–Trinajstić information content (AvgIpc) is 3.10. The SMILES string of the molecule is C=CC(=O)N1CCC(NCC2CC2)CC1. The van der Waals surface area contributed by atoms with Gasteiger partial charge in [0.25, 0.3) is 0 Å². The Morgan fingerprint density at radius 2 is 2.00 bits per heavy atom. The van der Waals surface area contributed by atoms with E-state index in [2.05, 4.69) is 11.9 Å². The highest BCUT2D eigenvalue weighted by Gasteiger charge is 2.25. The predicted octanol–water partition coefficient (Wildman–Crippen LogP) is 1.16. The Morgan fingerprint density at radius 3 is 2.53 bits per heavy atom. The van der Waals surface area contributed by atoms with Gasteiger partial charge in [-0.3, -0.25) is 4.79 Å². The number of amides is 1. The summed E-state index contributed by atoms with van der Waals surface area (Å²) in [6.07, 6.45) is 6.40. The molecule has 0 aromatic heterocycles. The first-order chi connectivity index (χ1) is 7.29. The van der Waals surface area contributed by atoms with Gasteiger partial charge < -0.3 is 10.2 Å². The number of hydrogen-bond acceptors (Lipinski definition) is 2. The number of nitrogens with zero attached hydrogens (tertiary/aromatic N) is 1. The fourth-order valence-electron chi connectivity index (χ4n) is 2.09. The van der Waals surface area contributed by atoms with Crippen molar-refractivity contribution < 1.29 is 4.79 Å². The van der Waals surface area contributed by atoms with Crippen molar-refractivity contribution in [2.24, 2.45) is 5.92 Å². The zero-order chi connectivity index (χ0) is 10.7. The Kier molecular flexibility index (Phi) is 3.41. The number of hydrogen-bond donors (Lipinski definition) is 1. The van der Waals surface area contributed by atoms with Crippen molar-refractivity contribution in [3.05, 3.63) is 12.7 Å². The Labute approximate surface area is 91.5 Å². The van der Waals surface area contributed by atoms with Gasteiger partial charge in [-0.05, 0) is 44.2 Å². The molecule has 0 aromatic carbocycles. The maximum Gasteiger partial charge on any atom is 0.245 e. The smallest absolute Gasteiger partial charge is 0.245 e. The molecule has 1 amide bonds. The summed E-state index contributed by atoms with van der Waals surface area (Å²) in [4.78, 5) is 13.2. The molecule has 1 N–H and O–H groups in total. The van der Waals surface area contributed by atoms with Gasteiger partial charge in [-0.25, -0.2) is 0 Å². The molecule has 15 heavy (non-hydrogen) atoms. The van der Waals surface area contributed by atoms with Crippen molar-refractivity contribution in [1.82, 2.24) is 10.2 Å². The summed E-state index contributed by atoms with van der Waals surface area (Å²) in [5.74, 6) is 1.02. The Balaban J connectivity index is 1.66. The molecule has 1 heterocycles. The molecule has 1 saturated heterocycles. The molecule has 2 fully saturated rings. The number of likely N-dealkylation sites (tertiary alicyclic amines) is 1. The Bertz CT molecular complexity index is 240. The van der Waals surface area contributed by atoms with E-state index in [9.17, 15) is 4.79 Å². The molecule has 0 radical (unpaired) electrons. The van der Waals surface area contributed by atoms with Crippen LogP contribution in [0.25, 0.3) is 0 Å². The maximum absolute atomic E-state index is 11.3. The van der Waals surface area contributed by atoms with Crippen LogP contribution >= 0.6 is 0 Å². The quantitative estimate of drug-likeness (QED) is 0.703. The van der Waals surface area contributed by atoms with Crippen LogP contribution in [-0.4, -0.2) is 36.5 Å². The minimum atomic E-state index is 0.0793. The van der Waals surface area contributed by atoms with E-state index < -0.39 is 0 Å². The molecule has 3 nitrogen and oxygen atoms in total. The second-order valence-electron chi connectivity index (χ2n) is 4.66. The standard InChI is InChI=1S/C12H20N2O/c1-2-12(15)14-7-5-11(6-8-14)13-9-10-3-4-10/h2,10-11,13H,1,3-9H2. The molecule has 2 rings (SSSR count). The van der Waals surface area contributed by atoms with Crippen LogP contribution in [-0.2, 0) is 4.79 Å². The largest absolute Gasteiger partial charge is 0.339 e. The van der Waals surface area contributed by atoms with E-state index in [1.807, 2.05) is 4.90 Å². The van der Waals surface area contributed by atoms with Crippen molar-refractivity contribution >= 4 is 5.91 Å². The van der Waals surface area contributed by atoms with Crippen LogP contribution < -0.4 is 5.32 Å². The molecule has 1 aliphatic carbocycles. The average molecular weight is 208 g/mol. The van der Waals surface area contributed by atoms with Gasteiger partial charge in [-0.2, -0.15) is 0 Å². The lowest BCUT2D eigenvalue weighted by molar-refractivity contribution is -0.127. The van der Waals surface area contributed by atoms with E-state index >= 15 is 0 Å². The van der Waals surface area contributed by atoms with Crippen LogP contribution in [0.2, 0.25) is 0 Å². The maximum atomic E-state index is 11.3. The summed E-state index contributed by atoms with van der Waals surface area (Å²) >= 11 is 0. The summed E-state index contributed by atoms with van der Waals surface area (Å²) in [5, 5.41) is 3.60. The van der Waals surface area contributed by atoms with Gasteiger partial charge in [0.15, 0.2) is 0 Å². The van der Waals surface area contributed by atoms with E-state index in [0.717, 1.165) is 31.8 Å². The first-order valence-electron chi connectivity index (χ1n) is 5.94. The van der Waals surface area contributed by atoms with E-state index in [4.69, 9.17) is 0 Å². The van der Waals surface area contributed by atoms with E-state index in [-0.39, 0.29) is 5.91 Å². The minimum Gasteiger partial charge on any atom is -0.339 e. The normalized spacial score (nSPS) is 22.8. The molecular weight excluding hydrogens is 188 g/mol. The van der Waals surface area contributed by atoms with Gasteiger partial charge in [-0.1, -0.05) is 6.58 Å². The van der Waals surface area contributed by atoms with Crippen molar-refractivity contribution in [3.8, 4) is 0 Å². The summed E-state index contributed by atoms with van der Waals surface area (Å²) in [6, 6.07) is 0.625. The minimum absolute atomic E-state index is 0.0793. The second-order valence-corrected chi connectivity index (χ2v) is 4.66. The van der Waals surface area contributed by atoms with Gasteiger partial charge in [0.2, 0.25) is 5.91 Å². The highest BCUT2D eigenvalue weighted by atomic mass is 16.2. The lowest BCUT2D eigenvalue weighted by Gasteiger charge is -2.31. The third-order valence-electron chi connectivity index (χ3n) is 3.37. The van der Waals surface area contributed by atoms with Crippen LogP contribution in [0.5, 0.6) is 0 Å². The molecule has 0 atom stereocenters. The summed E-state index contributed by atoms with van der Waals surface area (Å²) in [6.45, 7) is 6.46. The fourth-order valence-corrected chi connectivity index (χ4v) is 2.09. The van der Waals surface area contributed by atoms with Crippen LogP contribution in [0.4, 0.5) is 0 Å². The first kappa shape index (κ1) is 10.7. The Hall–Kier alpha value is -0.830. The fraction of sp³-hybridized carbons (Fsp3) is 0.750. The lowest BCUT2D eigenvalue weighted by Crippen LogP contribution is -2.44. The number of piperidine rings is 1. The zero-order valence-corrected chi connectivity index (χ0v) is 9.24. The lowest BCUT2D eigenvalue weighted by atomic mass is 10.0. The van der Waals surface area contributed by atoms with Crippen molar-refractivity contribution in [1.29, 1.82) is 0 Å². The number of carbonyl (C=O) groups is 1. The van der Waals surface area contributed by atoms with Gasteiger partial charge in [0.05, 0.1) is 0 Å². The highest BCUT2D eigenvalue weighted by Crippen LogP contribution is 2.28. The van der Waals surface area contributed by atoms with Gasteiger partial charge in [0.1, 0.15) is 0 Å². The van der Waals surface area contributed by atoms with Gasteiger partial charge in [-0.15, -0.1) is 0 Å². The molecule has 0 bridgehead atoms. The molecule has 3 heteroatoms. The van der Waals surface area contributed by atoms with Crippen LogP contribution in [0.1, 0.15) is 25.7 Å². The summed E-state index contributed by atoms with van der Waals surface area (Å²) in [5.41, 5.74) is 0. The summed E-state index contributed by atoms with van der Waals surface area (Å²) in [7, 11) is 0. The molecule has 0 aromatic rings. The topological polar surface area (TPSA) is 32.3 Å². The zero-order valence-electron chi connectivity index (χ0n) is 9.24. The van der Waals surface area contributed by atoms with Crippen LogP contribution in [0.15, 0.2) is 12.7 Å². The van der Waals surface area contributed by atoms with E-state index in [0.29, 0.717) is 6.04 Å². The molecule has 1 saturated carbocycles. The molecule has 0 spiro atoms. The Morgan fingerprint density at radius 1 is 1.33 bits per heavy atom. The molecule has 1 aliphatic heterocycles. The van der Waals surface area contributed by atoms with Crippen LogP contribution in [0.3, 0.4) is 0 Å². The van der Waals surface area contributed by atoms with Crippen molar-refractivity contribution in [2.75, 3.05) is 19.6 Å². The number of rotatable bonds is 4. The monoisotopic (exact) mass is 208 g/mol. The van der Waals surface area contributed by atoms with Gasteiger partial charge in [0, 0.05) is 19.1 Å². The van der Waals surface area contributed by atoms with Crippen LogP contribution in [0, 0.1) is 5.92 Å². The predicted molar refractivity (Wildman–Crippen MR) is 60.5 cm³/mol. The highest BCUT2D eigenvalue weighted by molar-refractivity contribution is 5.87. The first-order valence-corrected chi connectivity index (χ1v) is 5.94. The third kappa shape index (κ3) is 3.06. The molecular formula is C12H20N2O. The summed E-state index contributed by atoms with van der Waals surface area (Å²) < 4.78 is 0. The molecule has 0 unspecified atom stereocenters. The van der Waals surface area contributed by atoms with E-state index in [1.165, 1.54) is 25.5 Å². The van der Waals surface area contributed by atoms with Crippen molar-refractivity contribution in [3.63, 3.8) is 0 Å². The molecule has 2 aliphatic rings. The van der Waals surface area contributed by atoms with E-state index in [1.54, 1.807) is 0 Å². The number of nitrogens with one attached hydrogen (secondary N) is 1. The second kappa shape index (κ2) is 4.79. The van der Waals surface area contributed by atoms with Crippen molar-refractivity contribution in [2.45, 2.75) is 31.7 Å². The third-order valence-corrected chi connectivity index (χ3v) is 3.37. The molecule has 84 valence electrons. The van der Waals surface area contributed by atoms with Gasteiger partial charge >= 0.3 is 0 Å².